The number of fused-ring (bicyclic) bond motifs is 1. The number of nitrogens with one attached hydrogen (secondary N) is 1. The maximum absolute atomic E-state index is 13.3. The second kappa shape index (κ2) is 35.9. The molecule has 0 saturated heterocycles. The number of benzene rings is 4. The van der Waals surface area contributed by atoms with Gasteiger partial charge in [0.2, 0.25) is 0 Å². The van der Waals surface area contributed by atoms with Crippen molar-refractivity contribution in [3.05, 3.63) is 122 Å². The molecule has 448 valence electrons. The summed E-state index contributed by atoms with van der Waals surface area (Å²) in [6.45, 7) is 11.7. The minimum Gasteiger partial charge on any atom is -0.494 e. The van der Waals surface area contributed by atoms with E-state index in [2.05, 4.69) is 30.6 Å². The Hall–Kier alpha value is -7.02. The van der Waals surface area contributed by atoms with Gasteiger partial charge in [0.25, 0.3) is 0 Å². The number of para-hydroxylation sites is 1. The third-order valence-electron chi connectivity index (χ3n) is 14.7. The predicted molar refractivity (Wildman–Crippen MR) is 319 cm³/mol. The van der Waals surface area contributed by atoms with Crippen LogP contribution < -0.4 is 33.7 Å². The number of hydrazone groups is 1. The number of unbranched alkanes of at least 4 members (excludes halogenated alkanes) is 6. The smallest absolute Gasteiger partial charge is 0.330 e. The van der Waals surface area contributed by atoms with Gasteiger partial charge >= 0.3 is 23.9 Å². The van der Waals surface area contributed by atoms with Gasteiger partial charge in [0, 0.05) is 29.7 Å². The monoisotopic (exact) mass is 1160 g/mol. The quantitative estimate of drug-likeness (QED) is 0.0112. The standard InChI is InChI=1S/C65H83N3O14S/c1-4-61(69)77-39-14-8-6-12-37-75-53-26-30-55(31-27-53)81-63(71)50-22-18-48(19-23-50)46-79-57-34-35-59(52(44-57)45-66-68(36-41-74-43-42-73-3)65-67-58-16-10-11-17-60(58)83-65)80-47-49-20-24-51(25-21-49)64(72)82-56-32-28-54(29-33-56)76-38-13-7-9-15-40-78-62(70)5-2/h4-5,10-11,16-17,26-35,44-45,48-51,65,67H,1-2,6-9,12-15,18-25,36-43,46-47H2,3H3/b66-45+. The molecule has 2 aliphatic carbocycles. The van der Waals surface area contributed by atoms with Gasteiger partial charge in [-0.15, -0.1) is 0 Å². The number of hydrogen-bond donors (Lipinski definition) is 1. The first kappa shape index (κ1) is 63.6. The molecule has 4 aromatic carbocycles. The minimum absolute atomic E-state index is 0.163. The molecule has 17 nitrogen and oxygen atoms in total. The number of rotatable bonds is 37. The van der Waals surface area contributed by atoms with E-state index in [1.807, 2.05) is 65.8 Å². The number of nitrogens with zero attached hydrogens (tertiary/aromatic N) is 2. The Bertz CT molecular complexity index is 2630. The first-order valence-corrected chi connectivity index (χ1v) is 30.3. The zero-order valence-electron chi connectivity index (χ0n) is 48.1. The molecule has 83 heavy (non-hydrogen) atoms. The normalized spacial score (nSPS) is 18.2. The van der Waals surface area contributed by atoms with Gasteiger partial charge in [0.05, 0.1) is 89.7 Å². The molecule has 7 rings (SSSR count). The van der Waals surface area contributed by atoms with Crippen molar-refractivity contribution in [2.75, 3.05) is 78.4 Å². The van der Waals surface area contributed by atoms with E-state index in [4.69, 9.17) is 52.5 Å². The molecule has 1 unspecified atom stereocenters. The number of carbonyl (C=O) groups is 4. The Kier molecular flexibility index (Phi) is 27.5. The summed E-state index contributed by atoms with van der Waals surface area (Å²) in [5.41, 5.74) is 1.66. The second-order valence-electron chi connectivity index (χ2n) is 20.9. The van der Waals surface area contributed by atoms with Crippen LogP contribution in [0, 0.1) is 23.7 Å². The number of ether oxygens (including phenoxy) is 10. The maximum Gasteiger partial charge on any atom is 0.330 e. The number of thioether (sulfide) groups is 1. The van der Waals surface area contributed by atoms with E-state index in [-0.39, 0.29) is 41.1 Å². The lowest BCUT2D eigenvalue weighted by Crippen LogP contribution is -2.35. The van der Waals surface area contributed by atoms with Crippen LogP contribution in [0.4, 0.5) is 5.69 Å². The van der Waals surface area contributed by atoms with E-state index in [1.165, 1.54) is 12.2 Å². The zero-order chi connectivity index (χ0) is 58.3. The van der Waals surface area contributed by atoms with Gasteiger partial charge < -0.3 is 52.7 Å². The summed E-state index contributed by atoms with van der Waals surface area (Å²) in [4.78, 5) is 50.1. The van der Waals surface area contributed by atoms with Gasteiger partial charge in [-0.3, -0.25) is 14.6 Å². The molecule has 0 spiro atoms. The van der Waals surface area contributed by atoms with E-state index < -0.39 is 11.9 Å². The van der Waals surface area contributed by atoms with Crippen molar-refractivity contribution in [2.24, 2.45) is 28.8 Å². The summed E-state index contributed by atoms with van der Waals surface area (Å²) in [5.74, 6) is 2.70. The first-order valence-electron chi connectivity index (χ1n) is 29.4. The topological polar surface area (TPSA) is 188 Å². The molecule has 0 radical (unpaired) electrons. The van der Waals surface area contributed by atoms with Gasteiger partial charge in [-0.1, -0.05) is 37.1 Å². The lowest BCUT2D eigenvalue weighted by Gasteiger charge is -2.28. The largest absolute Gasteiger partial charge is 0.494 e. The summed E-state index contributed by atoms with van der Waals surface area (Å²) in [6.07, 6.45) is 17.5. The molecule has 0 bridgehead atoms. The number of carbonyl (C=O) groups excluding carboxylic acids is 4. The predicted octanol–water partition coefficient (Wildman–Crippen LogP) is 12.4. The highest BCUT2D eigenvalue weighted by Gasteiger charge is 2.31. The highest BCUT2D eigenvalue weighted by atomic mass is 32.2. The Morgan fingerprint density at radius 3 is 1.60 bits per heavy atom. The molecule has 2 saturated carbocycles. The molecule has 3 aliphatic rings. The molecular formula is C65H83N3O14S. The number of esters is 4. The fourth-order valence-corrected chi connectivity index (χ4v) is 11.0. The SMILES string of the molecule is C=CC(=O)OCCCCCCOc1ccc(OC(=O)C2CCC(COc3ccc(OCC4CCC(C(=O)Oc5ccc(OCCCCCCOC(=O)C=C)cc5)CC4)c(/C=N/N(CCOCCOC)C4Nc5ccccc5S4)c3)CC2)cc1. The third kappa shape index (κ3) is 22.6. The molecule has 1 N–H and O–H groups in total. The van der Waals surface area contributed by atoms with Crippen molar-refractivity contribution in [3.63, 3.8) is 0 Å². The van der Waals surface area contributed by atoms with Crippen molar-refractivity contribution in [1.29, 1.82) is 0 Å². The van der Waals surface area contributed by atoms with E-state index in [0.29, 0.717) is 126 Å². The van der Waals surface area contributed by atoms with E-state index in [1.54, 1.807) is 43.1 Å². The van der Waals surface area contributed by atoms with Crippen LogP contribution in [0.25, 0.3) is 0 Å². The number of hydrogen-bond acceptors (Lipinski definition) is 18. The lowest BCUT2D eigenvalue weighted by molar-refractivity contribution is -0.141. The fraction of sp³-hybridized carbons (Fsp3) is 0.492. The molecule has 1 atom stereocenters. The zero-order valence-corrected chi connectivity index (χ0v) is 48.9. The van der Waals surface area contributed by atoms with Crippen molar-refractivity contribution in [3.8, 4) is 34.5 Å². The van der Waals surface area contributed by atoms with Crippen LogP contribution in [0.15, 0.2) is 126 Å². The number of methoxy groups -OCH3 is 1. The Morgan fingerprint density at radius 2 is 1.07 bits per heavy atom. The number of anilines is 1. The van der Waals surface area contributed by atoms with Crippen molar-refractivity contribution >= 4 is 47.5 Å². The van der Waals surface area contributed by atoms with Crippen LogP contribution in [0.5, 0.6) is 34.5 Å². The van der Waals surface area contributed by atoms with Crippen molar-refractivity contribution in [2.45, 2.75) is 113 Å². The van der Waals surface area contributed by atoms with E-state index in [0.717, 1.165) is 93.2 Å². The molecule has 18 heteroatoms. The third-order valence-corrected chi connectivity index (χ3v) is 15.9. The van der Waals surface area contributed by atoms with Crippen LogP contribution in [0.2, 0.25) is 0 Å². The van der Waals surface area contributed by atoms with Gasteiger partial charge in [-0.05, 0) is 193 Å². The summed E-state index contributed by atoms with van der Waals surface area (Å²) in [5, 5.41) is 10.7. The summed E-state index contributed by atoms with van der Waals surface area (Å²) >= 11 is 1.70. The lowest BCUT2D eigenvalue weighted by atomic mass is 9.82. The van der Waals surface area contributed by atoms with Crippen LogP contribution in [-0.2, 0) is 38.1 Å². The Labute approximate surface area is 493 Å². The molecule has 1 aliphatic heterocycles. The molecule has 0 amide bonds. The first-order chi connectivity index (χ1) is 40.7. The van der Waals surface area contributed by atoms with Crippen LogP contribution >= 0.6 is 11.8 Å². The van der Waals surface area contributed by atoms with Gasteiger partial charge in [-0.2, -0.15) is 5.10 Å². The minimum atomic E-state index is -0.397. The van der Waals surface area contributed by atoms with Gasteiger partial charge in [-0.25, -0.2) is 9.59 Å². The van der Waals surface area contributed by atoms with Crippen LogP contribution in [-0.4, -0.2) is 114 Å². The van der Waals surface area contributed by atoms with Gasteiger partial charge in [0.1, 0.15) is 34.5 Å². The summed E-state index contributed by atoms with van der Waals surface area (Å²) in [6, 6.07) is 28.4. The van der Waals surface area contributed by atoms with Crippen molar-refractivity contribution < 1.29 is 66.5 Å². The van der Waals surface area contributed by atoms with Crippen LogP contribution in [0.1, 0.15) is 108 Å². The molecule has 0 aromatic heterocycles. The summed E-state index contributed by atoms with van der Waals surface area (Å²) < 4.78 is 57.6. The molecular weight excluding hydrogens is 1080 g/mol. The molecule has 1 heterocycles. The molecule has 4 aromatic rings. The average Bonchev–Trinajstić information content (AvgIpc) is 4.11. The highest BCUT2D eigenvalue weighted by molar-refractivity contribution is 8.00. The van der Waals surface area contributed by atoms with E-state index >= 15 is 0 Å². The highest BCUT2D eigenvalue weighted by Crippen LogP contribution is 2.40. The molecule has 2 fully saturated rings. The van der Waals surface area contributed by atoms with Crippen LogP contribution in [0.3, 0.4) is 0 Å². The van der Waals surface area contributed by atoms with Gasteiger partial charge in [0.15, 0.2) is 5.50 Å². The van der Waals surface area contributed by atoms with Crippen molar-refractivity contribution in [1.82, 2.24) is 5.01 Å². The van der Waals surface area contributed by atoms with E-state index in [9.17, 15) is 19.2 Å². The average molecular weight is 1160 g/mol. The Morgan fingerprint density at radius 1 is 0.566 bits per heavy atom. The maximum atomic E-state index is 13.3. The second-order valence-corrected chi connectivity index (χ2v) is 22.1. The Balaban J connectivity index is 0.878. The summed E-state index contributed by atoms with van der Waals surface area (Å²) in [7, 11) is 1.66. The fourth-order valence-electron chi connectivity index (χ4n) is 9.85.